The molecule has 1 heterocycles. The fourth-order valence-corrected chi connectivity index (χ4v) is 3.38. The fourth-order valence-electron chi connectivity index (χ4n) is 3.38. The Morgan fingerprint density at radius 3 is 2.29 bits per heavy atom. The van der Waals surface area contributed by atoms with E-state index in [1.54, 1.807) is 4.90 Å². The van der Waals surface area contributed by atoms with Crippen LogP contribution in [0.4, 0.5) is 0 Å². The lowest BCUT2D eigenvalue weighted by atomic mass is 10.1. The van der Waals surface area contributed by atoms with E-state index in [2.05, 4.69) is 12.2 Å². The van der Waals surface area contributed by atoms with Crippen molar-refractivity contribution in [2.24, 2.45) is 5.73 Å². The van der Waals surface area contributed by atoms with Gasteiger partial charge in [0.1, 0.15) is 6.04 Å². The second-order valence-electron chi connectivity index (χ2n) is 6.90. The van der Waals surface area contributed by atoms with Gasteiger partial charge in [0.2, 0.25) is 11.8 Å². The zero-order chi connectivity index (χ0) is 17.6. The highest BCUT2D eigenvalue weighted by Crippen LogP contribution is 2.19. The molecular formula is C19H37N3O2. The largest absolute Gasteiger partial charge is 0.353 e. The Labute approximate surface area is 147 Å². The van der Waals surface area contributed by atoms with Crippen LogP contribution < -0.4 is 11.1 Å². The molecule has 140 valence electrons. The molecule has 1 aliphatic heterocycles. The summed E-state index contributed by atoms with van der Waals surface area (Å²) in [5.74, 6) is 0.0988. The van der Waals surface area contributed by atoms with Crippen LogP contribution in [0.25, 0.3) is 0 Å². The first-order chi connectivity index (χ1) is 11.7. The summed E-state index contributed by atoms with van der Waals surface area (Å²) in [4.78, 5) is 26.2. The molecule has 0 bridgehead atoms. The van der Waals surface area contributed by atoms with Gasteiger partial charge in [0.15, 0.2) is 0 Å². The first kappa shape index (κ1) is 20.9. The van der Waals surface area contributed by atoms with Crippen molar-refractivity contribution in [2.45, 2.75) is 90.0 Å². The monoisotopic (exact) mass is 339 g/mol. The molecule has 0 spiro atoms. The van der Waals surface area contributed by atoms with Crippen LogP contribution in [0.15, 0.2) is 0 Å². The Morgan fingerprint density at radius 2 is 1.67 bits per heavy atom. The minimum absolute atomic E-state index is 0.0432. The number of nitrogens with zero attached hydrogens (tertiary/aromatic N) is 1. The standard InChI is InChI=1S/C19H37N3O2/c1-2-3-4-5-6-7-8-9-10-13-18(23)22-16-11-12-17(22)19(24)21-15-14-20/h17H,2-16,20H2,1H3,(H,21,24). The maximum atomic E-state index is 12.4. The van der Waals surface area contributed by atoms with Gasteiger partial charge in [0.25, 0.3) is 0 Å². The molecule has 5 nitrogen and oxygen atoms in total. The second-order valence-corrected chi connectivity index (χ2v) is 6.90. The fraction of sp³-hybridized carbons (Fsp3) is 0.895. The molecule has 5 heteroatoms. The van der Waals surface area contributed by atoms with Gasteiger partial charge >= 0.3 is 0 Å². The van der Waals surface area contributed by atoms with E-state index in [4.69, 9.17) is 5.73 Å². The molecular weight excluding hydrogens is 302 g/mol. The van der Waals surface area contributed by atoms with Crippen LogP contribution in [-0.4, -0.2) is 42.4 Å². The third-order valence-corrected chi connectivity index (χ3v) is 4.81. The highest BCUT2D eigenvalue weighted by molar-refractivity contribution is 5.88. The lowest BCUT2D eigenvalue weighted by Gasteiger charge is -2.24. The van der Waals surface area contributed by atoms with Crippen molar-refractivity contribution >= 4 is 11.8 Å². The normalized spacial score (nSPS) is 17.2. The Balaban J connectivity index is 2.12. The van der Waals surface area contributed by atoms with E-state index < -0.39 is 0 Å². The summed E-state index contributed by atoms with van der Waals surface area (Å²) in [5, 5.41) is 2.81. The predicted octanol–water partition coefficient (Wildman–Crippen LogP) is 2.97. The molecule has 0 aromatic rings. The van der Waals surface area contributed by atoms with Gasteiger partial charge in [-0.15, -0.1) is 0 Å². The van der Waals surface area contributed by atoms with Crippen LogP contribution >= 0.6 is 0 Å². The van der Waals surface area contributed by atoms with Gasteiger partial charge in [0.05, 0.1) is 0 Å². The first-order valence-corrected chi connectivity index (χ1v) is 9.98. The molecule has 1 fully saturated rings. The van der Waals surface area contributed by atoms with E-state index in [0.29, 0.717) is 19.5 Å². The van der Waals surface area contributed by atoms with E-state index in [1.807, 2.05) is 0 Å². The number of nitrogens with one attached hydrogen (secondary N) is 1. The summed E-state index contributed by atoms with van der Waals surface area (Å²) in [6, 6.07) is -0.275. The number of carbonyl (C=O) groups is 2. The minimum Gasteiger partial charge on any atom is -0.353 e. The van der Waals surface area contributed by atoms with E-state index in [9.17, 15) is 9.59 Å². The summed E-state index contributed by atoms with van der Waals surface area (Å²) in [6.45, 7) is 3.88. The number of hydrogen-bond acceptors (Lipinski definition) is 3. The van der Waals surface area contributed by atoms with Crippen molar-refractivity contribution in [3.05, 3.63) is 0 Å². The number of likely N-dealkylation sites (tertiary alicyclic amines) is 1. The zero-order valence-electron chi connectivity index (χ0n) is 15.5. The second kappa shape index (κ2) is 13.2. The van der Waals surface area contributed by atoms with Gasteiger partial charge in [-0.3, -0.25) is 9.59 Å². The quantitative estimate of drug-likeness (QED) is 0.507. The van der Waals surface area contributed by atoms with E-state index >= 15 is 0 Å². The number of amides is 2. The van der Waals surface area contributed by atoms with Gasteiger partial charge in [-0.25, -0.2) is 0 Å². The smallest absolute Gasteiger partial charge is 0.242 e. The molecule has 1 rings (SSSR count). The molecule has 1 atom stereocenters. The molecule has 3 N–H and O–H groups in total. The average Bonchev–Trinajstić information content (AvgIpc) is 3.08. The Morgan fingerprint density at radius 1 is 1.04 bits per heavy atom. The summed E-state index contributed by atoms with van der Waals surface area (Å²) >= 11 is 0. The van der Waals surface area contributed by atoms with E-state index in [0.717, 1.165) is 32.2 Å². The van der Waals surface area contributed by atoms with Crippen molar-refractivity contribution < 1.29 is 9.59 Å². The highest BCUT2D eigenvalue weighted by atomic mass is 16.2. The van der Waals surface area contributed by atoms with Gasteiger partial charge < -0.3 is 16.0 Å². The molecule has 0 radical (unpaired) electrons. The maximum absolute atomic E-state index is 12.4. The van der Waals surface area contributed by atoms with Gasteiger partial charge in [-0.2, -0.15) is 0 Å². The number of nitrogens with two attached hydrogens (primary N) is 1. The lowest BCUT2D eigenvalue weighted by Crippen LogP contribution is -2.46. The van der Waals surface area contributed by atoms with Crippen molar-refractivity contribution in [3.63, 3.8) is 0 Å². The zero-order valence-corrected chi connectivity index (χ0v) is 15.5. The van der Waals surface area contributed by atoms with Gasteiger partial charge in [0, 0.05) is 26.1 Å². The third kappa shape index (κ3) is 8.13. The Hall–Kier alpha value is -1.10. The minimum atomic E-state index is -0.275. The number of carbonyl (C=O) groups excluding carboxylic acids is 2. The summed E-state index contributed by atoms with van der Waals surface area (Å²) in [5.41, 5.74) is 5.41. The molecule has 1 aliphatic rings. The first-order valence-electron chi connectivity index (χ1n) is 9.98. The van der Waals surface area contributed by atoms with E-state index in [-0.39, 0.29) is 17.9 Å². The van der Waals surface area contributed by atoms with E-state index in [1.165, 1.54) is 44.9 Å². The molecule has 24 heavy (non-hydrogen) atoms. The Kier molecular flexibility index (Phi) is 11.5. The van der Waals surface area contributed by atoms with Crippen molar-refractivity contribution in [1.29, 1.82) is 0 Å². The van der Waals surface area contributed by atoms with Crippen LogP contribution in [0.1, 0.15) is 84.0 Å². The van der Waals surface area contributed by atoms with Crippen molar-refractivity contribution in [1.82, 2.24) is 10.2 Å². The molecule has 1 unspecified atom stereocenters. The maximum Gasteiger partial charge on any atom is 0.242 e. The third-order valence-electron chi connectivity index (χ3n) is 4.81. The van der Waals surface area contributed by atoms with Crippen LogP contribution in [0, 0.1) is 0 Å². The highest BCUT2D eigenvalue weighted by Gasteiger charge is 2.33. The van der Waals surface area contributed by atoms with Crippen molar-refractivity contribution in [2.75, 3.05) is 19.6 Å². The number of unbranched alkanes of at least 4 members (excludes halogenated alkanes) is 8. The number of hydrogen-bond donors (Lipinski definition) is 2. The number of rotatable bonds is 13. The van der Waals surface area contributed by atoms with Gasteiger partial charge in [-0.05, 0) is 19.3 Å². The predicted molar refractivity (Wildman–Crippen MR) is 98.6 cm³/mol. The van der Waals surface area contributed by atoms with Crippen LogP contribution in [0.2, 0.25) is 0 Å². The lowest BCUT2D eigenvalue weighted by molar-refractivity contribution is -0.138. The van der Waals surface area contributed by atoms with Crippen molar-refractivity contribution in [3.8, 4) is 0 Å². The molecule has 0 aromatic carbocycles. The topological polar surface area (TPSA) is 75.4 Å². The summed E-state index contributed by atoms with van der Waals surface area (Å²) in [6.07, 6.45) is 13.5. The summed E-state index contributed by atoms with van der Waals surface area (Å²) in [7, 11) is 0. The van der Waals surface area contributed by atoms with Crippen LogP contribution in [0.3, 0.4) is 0 Å². The Bertz CT molecular complexity index is 361. The molecule has 0 aromatic heterocycles. The van der Waals surface area contributed by atoms with Crippen LogP contribution in [0.5, 0.6) is 0 Å². The molecule has 0 saturated carbocycles. The van der Waals surface area contributed by atoms with Gasteiger partial charge in [-0.1, -0.05) is 58.3 Å². The molecule has 0 aliphatic carbocycles. The summed E-state index contributed by atoms with van der Waals surface area (Å²) < 4.78 is 0. The molecule has 2 amide bonds. The molecule has 1 saturated heterocycles. The van der Waals surface area contributed by atoms with Crippen LogP contribution in [-0.2, 0) is 9.59 Å². The SMILES string of the molecule is CCCCCCCCCCCC(=O)N1CCCC1C(=O)NCCN. The average molecular weight is 340 g/mol.